The number of carbonyl (C=O) groups is 1. The molecule has 0 fully saturated rings. The summed E-state index contributed by atoms with van der Waals surface area (Å²) in [5, 5.41) is 18.0. The molecule has 0 amide bonds. The van der Waals surface area contributed by atoms with Gasteiger partial charge in [0, 0.05) is 22.9 Å². The van der Waals surface area contributed by atoms with Gasteiger partial charge in [-0.15, -0.1) is 0 Å². The average Bonchev–Trinajstić information content (AvgIpc) is 2.94. The van der Waals surface area contributed by atoms with E-state index in [1.54, 1.807) is 24.4 Å². The van der Waals surface area contributed by atoms with Crippen molar-refractivity contribution in [3.05, 3.63) is 145 Å². The lowest BCUT2D eigenvalue weighted by Gasteiger charge is -1.92. The molecule has 0 spiro atoms. The van der Waals surface area contributed by atoms with E-state index in [4.69, 9.17) is 5.21 Å². The minimum absolute atomic E-state index is 0.715. The monoisotopic (exact) mass is 465 g/mol. The van der Waals surface area contributed by atoms with Gasteiger partial charge in [-0.3, -0.25) is 20.7 Å². The number of benzene rings is 4. The maximum absolute atomic E-state index is 9.89. The molecule has 0 heterocycles. The lowest BCUT2D eigenvalue weighted by Crippen LogP contribution is -1.98. The van der Waals surface area contributed by atoms with Gasteiger partial charge < -0.3 is 0 Å². The fourth-order valence-electron chi connectivity index (χ4n) is 2.69. The zero-order chi connectivity index (χ0) is 25.0. The molecule has 0 saturated carbocycles. The van der Waals surface area contributed by atoms with Gasteiger partial charge in [0.25, 0.3) is 5.69 Å². The largest absolute Gasteiger partial charge is 0.299 e. The summed E-state index contributed by atoms with van der Waals surface area (Å²) < 4.78 is 1.10. The third-order valence-electron chi connectivity index (χ3n) is 4.41. The molecule has 0 aromatic heterocycles. The van der Waals surface area contributed by atoms with Crippen LogP contribution in [0.5, 0.6) is 0 Å². The third-order valence-corrected chi connectivity index (χ3v) is 4.41. The van der Waals surface area contributed by atoms with Gasteiger partial charge in [-0.1, -0.05) is 103 Å². The number of para-hydroxylation sites is 2. The van der Waals surface area contributed by atoms with Gasteiger partial charge in [-0.05, 0) is 35.4 Å². The van der Waals surface area contributed by atoms with Gasteiger partial charge in [0.1, 0.15) is 6.29 Å². The van der Waals surface area contributed by atoms with Crippen LogP contribution in [-0.4, -0.2) is 27.7 Å². The number of nitrogens with one attached hydrogen (secondary N) is 1. The summed E-state index contributed by atoms with van der Waals surface area (Å²) in [6.45, 7) is 0. The zero-order valence-electron chi connectivity index (χ0n) is 19.3. The Morgan fingerprint density at radius 2 is 1.03 bits per heavy atom. The Balaban J connectivity index is 0.000000204. The van der Waals surface area contributed by atoms with E-state index in [2.05, 4.69) is 0 Å². The first-order valence-corrected chi connectivity index (χ1v) is 10.9. The van der Waals surface area contributed by atoms with Crippen LogP contribution in [0, 0.1) is 0 Å². The molecule has 4 rings (SSSR count). The highest BCUT2D eigenvalue weighted by molar-refractivity contribution is 5.75. The quantitative estimate of drug-likeness (QED) is 0.0724. The van der Waals surface area contributed by atoms with Crippen LogP contribution in [-0.2, 0) is 4.79 Å². The molecule has 0 saturated heterocycles. The second-order valence-electron chi connectivity index (χ2n) is 6.98. The first-order chi connectivity index (χ1) is 17.2. The van der Waals surface area contributed by atoms with Crippen LogP contribution in [0.4, 0.5) is 11.4 Å². The predicted molar refractivity (Wildman–Crippen MR) is 143 cm³/mol. The molecule has 0 unspecified atom stereocenters. The first kappa shape index (κ1) is 26.5. The lowest BCUT2D eigenvalue weighted by molar-refractivity contribution is -0.709. The van der Waals surface area contributed by atoms with E-state index >= 15 is 0 Å². The molecule has 35 heavy (non-hydrogen) atoms. The molecule has 0 radical (unpaired) electrons. The highest BCUT2D eigenvalue weighted by Gasteiger charge is 2.02. The van der Waals surface area contributed by atoms with E-state index in [-0.39, 0.29) is 0 Å². The van der Waals surface area contributed by atoms with Crippen molar-refractivity contribution < 1.29 is 19.9 Å². The maximum Gasteiger partial charge on any atom is 0.257 e. The van der Waals surface area contributed by atoms with Crippen LogP contribution in [0.15, 0.2) is 133 Å². The van der Waals surface area contributed by atoms with Gasteiger partial charge in [0.15, 0.2) is 0 Å². The van der Waals surface area contributed by atoms with Gasteiger partial charge in [-0.25, -0.2) is 0 Å². The zero-order valence-corrected chi connectivity index (χ0v) is 19.3. The van der Waals surface area contributed by atoms with Gasteiger partial charge in [0.05, 0.1) is 5.69 Å². The Labute approximate surface area is 206 Å². The summed E-state index contributed by atoms with van der Waals surface area (Å²) >= 11 is 0. The van der Waals surface area contributed by atoms with Crippen molar-refractivity contribution in [3.8, 4) is 0 Å². The third kappa shape index (κ3) is 11.6. The van der Waals surface area contributed by atoms with Gasteiger partial charge in [0.2, 0.25) is 6.21 Å². The van der Waals surface area contributed by atoms with E-state index in [0.717, 1.165) is 27.8 Å². The highest BCUT2D eigenvalue weighted by Crippen LogP contribution is 2.07. The van der Waals surface area contributed by atoms with Crippen molar-refractivity contribution >= 4 is 36.0 Å². The summed E-state index contributed by atoms with van der Waals surface area (Å²) in [7, 11) is 0. The molecule has 0 atom stereocenters. The molecule has 3 N–H and O–H groups in total. The predicted octanol–water partition coefficient (Wildman–Crippen LogP) is 6.89. The first-order valence-electron chi connectivity index (χ1n) is 10.9. The minimum Gasteiger partial charge on any atom is -0.299 e. The summed E-state index contributed by atoms with van der Waals surface area (Å²) in [5.74, 6) is 0. The van der Waals surface area contributed by atoms with Crippen molar-refractivity contribution in [1.82, 2.24) is 0 Å². The highest BCUT2D eigenvalue weighted by atomic mass is 16.5. The Morgan fingerprint density at radius 1 is 0.600 bits per heavy atom. The van der Waals surface area contributed by atoms with E-state index in [1.165, 1.54) is 6.08 Å². The molecule has 0 aliphatic carbocycles. The fraction of sp³-hybridized carbons (Fsp3) is 0. The van der Waals surface area contributed by atoms with Crippen molar-refractivity contribution in [2.24, 2.45) is 0 Å². The number of anilines is 1. The number of rotatable bonds is 6. The Bertz CT molecular complexity index is 1180. The van der Waals surface area contributed by atoms with E-state index in [0.29, 0.717) is 5.69 Å². The lowest BCUT2D eigenvalue weighted by atomic mass is 10.2. The normalized spacial score (nSPS) is 10.6. The number of hydrogen-bond donors (Lipinski definition) is 3. The van der Waals surface area contributed by atoms with Crippen molar-refractivity contribution in [3.63, 3.8) is 0 Å². The maximum atomic E-state index is 9.89. The molecule has 0 aliphatic heterocycles. The van der Waals surface area contributed by atoms with Crippen LogP contribution in [0.25, 0.3) is 12.2 Å². The number of nitrogens with zero attached hydrogens (tertiary/aromatic N) is 1. The van der Waals surface area contributed by atoms with Gasteiger partial charge in [-0.2, -0.15) is 0 Å². The van der Waals surface area contributed by atoms with E-state index in [1.807, 2.05) is 127 Å². The minimum atomic E-state index is 0.715. The molecule has 5 nitrogen and oxygen atoms in total. The van der Waals surface area contributed by atoms with Crippen LogP contribution in [0.3, 0.4) is 0 Å². The van der Waals surface area contributed by atoms with Crippen LogP contribution in [0.2, 0.25) is 0 Å². The van der Waals surface area contributed by atoms with Crippen LogP contribution < -0.4 is 5.48 Å². The molecular weight excluding hydrogens is 436 g/mol. The standard InChI is InChI=1S/C15H14NO.C9H8O.C6H7NO/c17-16(15-11-5-2-6-12-15)13-7-10-14-8-3-1-4-9-14;10-8-4-7-9-5-2-1-3-6-9;8-7-6-4-2-1-3-5-6/h1-13,17H;1-8H;1-5,7-8H/q+1;;/b10-7+,16-13-;7-4+;. The molecule has 4 aromatic rings. The van der Waals surface area contributed by atoms with Crippen molar-refractivity contribution in [1.29, 1.82) is 0 Å². The summed E-state index contributed by atoms with van der Waals surface area (Å²) in [6.07, 6.45) is 9.38. The summed E-state index contributed by atoms with van der Waals surface area (Å²) in [5.41, 5.74) is 5.64. The second-order valence-corrected chi connectivity index (χ2v) is 6.98. The SMILES string of the molecule is O/[N+](=C\C=C\c1ccccc1)c1ccccc1.O=C/C=C/c1ccccc1.ONc1ccccc1. The van der Waals surface area contributed by atoms with E-state index < -0.39 is 0 Å². The second kappa shape index (κ2) is 16.8. The molecule has 4 aromatic carbocycles. The summed E-state index contributed by atoms with van der Waals surface area (Å²) in [6, 6.07) is 38.1. The van der Waals surface area contributed by atoms with Crippen molar-refractivity contribution in [2.75, 3.05) is 5.48 Å². The van der Waals surface area contributed by atoms with Crippen molar-refractivity contribution in [2.45, 2.75) is 0 Å². The Morgan fingerprint density at radius 3 is 1.46 bits per heavy atom. The molecule has 176 valence electrons. The van der Waals surface area contributed by atoms with Crippen LogP contribution in [0.1, 0.15) is 11.1 Å². The smallest absolute Gasteiger partial charge is 0.257 e. The number of carbonyl (C=O) groups excluding carboxylic acids is 1. The topological polar surface area (TPSA) is 72.6 Å². The molecular formula is C30H29N2O3+. The Hall–Kier alpha value is -4.74. The number of allylic oxidation sites excluding steroid dienone is 2. The molecule has 5 heteroatoms. The average molecular weight is 466 g/mol. The molecule has 0 aliphatic rings. The number of aldehydes is 1. The number of hydrogen-bond acceptors (Lipinski definition) is 4. The van der Waals surface area contributed by atoms with Gasteiger partial charge >= 0.3 is 0 Å². The fourth-order valence-corrected chi connectivity index (χ4v) is 2.69. The molecule has 0 bridgehead atoms. The Kier molecular flexibility index (Phi) is 12.7. The summed E-state index contributed by atoms with van der Waals surface area (Å²) in [4.78, 5) is 9.89. The van der Waals surface area contributed by atoms with Crippen LogP contribution >= 0.6 is 0 Å². The van der Waals surface area contributed by atoms with E-state index in [9.17, 15) is 10.0 Å².